The van der Waals surface area contributed by atoms with Crippen LogP contribution in [0, 0.1) is 11.3 Å². The van der Waals surface area contributed by atoms with Crippen molar-refractivity contribution in [3.63, 3.8) is 0 Å². The van der Waals surface area contributed by atoms with Gasteiger partial charge in [0, 0.05) is 18.7 Å². The van der Waals surface area contributed by atoms with Gasteiger partial charge in [-0.05, 0) is 25.1 Å². The van der Waals surface area contributed by atoms with Gasteiger partial charge in [-0.2, -0.15) is 5.26 Å². The lowest BCUT2D eigenvalue weighted by Crippen LogP contribution is -2.22. The molecule has 2 rings (SSSR count). The Hall–Kier alpha value is -1.73. The Morgan fingerprint density at radius 3 is 3.06 bits per heavy atom. The van der Waals surface area contributed by atoms with Crippen molar-refractivity contribution in [2.45, 2.75) is 12.5 Å². The quantitative estimate of drug-likeness (QED) is 0.802. The summed E-state index contributed by atoms with van der Waals surface area (Å²) in [5.41, 5.74) is 1.52. The minimum atomic E-state index is 0.402. The molecule has 1 unspecified atom stereocenters. The molecule has 0 aliphatic carbocycles. The van der Waals surface area contributed by atoms with E-state index >= 15 is 0 Å². The van der Waals surface area contributed by atoms with Gasteiger partial charge in [0.1, 0.15) is 11.8 Å². The first-order chi connectivity index (χ1) is 7.83. The number of nitrogens with one attached hydrogen (secondary N) is 2. The van der Waals surface area contributed by atoms with E-state index in [-0.39, 0.29) is 0 Å². The van der Waals surface area contributed by atoms with E-state index in [1.165, 1.54) is 0 Å². The number of nitriles is 1. The van der Waals surface area contributed by atoms with Gasteiger partial charge in [0.2, 0.25) is 0 Å². The summed E-state index contributed by atoms with van der Waals surface area (Å²) in [5, 5.41) is 15.7. The van der Waals surface area contributed by atoms with Crippen molar-refractivity contribution >= 4 is 5.69 Å². The van der Waals surface area contributed by atoms with Crippen molar-refractivity contribution in [3.8, 4) is 11.8 Å². The molecule has 1 aliphatic rings. The van der Waals surface area contributed by atoms with E-state index in [0.717, 1.165) is 30.9 Å². The molecule has 1 atom stereocenters. The highest BCUT2D eigenvalue weighted by molar-refractivity contribution is 5.61. The number of methoxy groups -OCH3 is 1. The predicted molar refractivity (Wildman–Crippen MR) is 62.6 cm³/mol. The third-order valence-corrected chi connectivity index (χ3v) is 2.77. The zero-order valence-electron chi connectivity index (χ0n) is 9.29. The van der Waals surface area contributed by atoms with Crippen LogP contribution in [-0.4, -0.2) is 26.2 Å². The average molecular weight is 217 g/mol. The highest BCUT2D eigenvalue weighted by atomic mass is 16.5. The summed E-state index contributed by atoms with van der Waals surface area (Å²) in [5.74, 6) is 0.771. The fourth-order valence-corrected chi connectivity index (χ4v) is 1.87. The molecule has 4 nitrogen and oxygen atoms in total. The first-order valence-electron chi connectivity index (χ1n) is 5.39. The third kappa shape index (κ3) is 2.26. The van der Waals surface area contributed by atoms with Crippen molar-refractivity contribution in [2.24, 2.45) is 0 Å². The topological polar surface area (TPSA) is 57.1 Å². The van der Waals surface area contributed by atoms with E-state index in [4.69, 9.17) is 10.00 Å². The normalized spacial score (nSPS) is 19.1. The molecule has 2 N–H and O–H groups in total. The fourth-order valence-electron chi connectivity index (χ4n) is 1.87. The van der Waals surface area contributed by atoms with Crippen molar-refractivity contribution in [1.29, 1.82) is 5.26 Å². The summed E-state index contributed by atoms with van der Waals surface area (Å²) >= 11 is 0. The van der Waals surface area contributed by atoms with Crippen molar-refractivity contribution < 1.29 is 4.74 Å². The number of ether oxygens (including phenoxy) is 1. The smallest absolute Gasteiger partial charge is 0.121 e. The lowest BCUT2D eigenvalue weighted by Gasteiger charge is -2.14. The van der Waals surface area contributed by atoms with E-state index in [0.29, 0.717) is 11.6 Å². The molecule has 1 fully saturated rings. The summed E-state index contributed by atoms with van der Waals surface area (Å²) in [6.07, 6.45) is 1.09. The highest BCUT2D eigenvalue weighted by Crippen LogP contribution is 2.23. The van der Waals surface area contributed by atoms with Gasteiger partial charge in [0.05, 0.1) is 18.4 Å². The highest BCUT2D eigenvalue weighted by Gasteiger charge is 2.15. The second-order valence-electron chi connectivity index (χ2n) is 3.86. The second-order valence-corrected chi connectivity index (χ2v) is 3.86. The average Bonchev–Trinajstić information content (AvgIpc) is 2.82. The SMILES string of the molecule is COc1ccc(C#N)c(NC2CCNC2)c1. The summed E-state index contributed by atoms with van der Waals surface area (Å²) in [6, 6.07) is 8.04. The van der Waals surface area contributed by atoms with Crippen LogP contribution in [0.5, 0.6) is 5.75 Å². The number of hydrogen-bond donors (Lipinski definition) is 2. The Labute approximate surface area is 95.2 Å². The molecule has 0 bridgehead atoms. The number of hydrogen-bond acceptors (Lipinski definition) is 4. The molecule has 0 saturated carbocycles. The van der Waals surface area contributed by atoms with Crippen molar-refractivity contribution in [1.82, 2.24) is 5.32 Å². The van der Waals surface area contributed by atoms with Crippen LogP contribution in [0.1, 0.15) is 12.0 Å². The Kier molecular flexibility index (Phi) is 3.28. The molecular weight excluding hydrogens is 202 g/mol. The van der Waals surface area contributed by atoms with Gasteiger partial charge >= 0.3 is 0 Å². The van der Waals surface area contributed by atoms with Gasteiger partial charge in [-0.15, -0.1) is 0 Å². The molecule has 1 aliphatic heterocycles. The molecule has 1 aromatic rings. The van der Waals surface area contributed by atoms with E-state index in [9.17, 15) is 0 Å². The van der Waals surface area contributed by atoms with E-state index in [1.807, 2.05) is 6.07 Å². The lowest BCUT2D eigenvalue weighted by atomic mass is 10.1. The van der Waals surface area contributed by atoms with E-state index in [2.05, 4.69) is 16.7 Å². The first kappa shape index (κ1) is 10.8. The molecule has 1 aromatic carbocycles. The number of rotatable bonds is 3. The van der Waals surface area contributed by atoms with Crippen LogP contribution in [0.25, 0.3) is 0 Å². The van der Waals surface area contributed by atoms with Crippen LogP contribution in [-0.2, 0) is 0 Å². The molecule has 1 saturated heterocycles. The van der Waals surface area contributed by atoms with E-state index < -0.39 is 0 Å². The Morgan fingerprint density at radius 1 is 1.56 bits per heavy atom. The fraction of sp³-hybridized carbons (Fsp3) is 0.417. The molecule has 16 heavy (non-hydrogen) atoms. The summed E-state index contributed by atoms with van der Waals surface area (Å²) in [7, 11) is 1.63. The zero-order chi connectivity index (χ0) is 11.4. The maximum absolute atomic E-state index is 9.01. The molecule has 0 amide bonds. The molecule has 0 spiro atoms. The van der Waals surface area contributed by atoms with Crippen LogP contribution in [0.15, 0.2) is 18.2 Å². The minimum Gasteiger partial charge on any atom is -0.497 e. The first-order valence-corrected chi connectivity index (χ1v) is 5.39. The summed E-state index contributed by atoms with van der Waals surface area (Å²) in [6.45, 7) is 1.98. The van der Waals surface area contributed by atoms with Gasteiger partial charge in [0.25, 0.3) is 0 Å². The number of nitrogens with zero attached hydrogens (tertiary/aromatic N) is 1. The summed E-state index contributed by atoms with van der Waals surface area (Å²) in [4.78, 5) is 0. The number of anilines is 1. The van der Waals surface area contributed by atoms with Gasteiger partial charge in [-0.25, -0.2) is 0 Å². The summed E-state index contributed by atoms with van der Waals surface area (Å²) < 4.78 is 5.15. The van der Waals surface area contributed by atoms with Crippen molar-refractivity contribution in [3.05, 3.63) is 23.8 Å². The molecule has 1 heterocycles. The van der Waals surface area contributed by atoms with Crippen molar-refractivity contribution in [2.75, 3.05) is 25.5 Å². The minimum absolute atomic E-state index is 0.402. The Morgan fingerprint density at radius 2 is 2.44 bits per heavy atom. The standard InChI is InChI=1S/C12H15N3O/c1-16-11-3-2-9(7-13)12(6-11)15-10-4-5-14-8-10/h2-3,6,10,14-15H,4-5,8H2,1H3. The Balaban J connectivity index is 2.19. The monoisotopic (exact) mass is 217 g/mol. The lowest BCUT2D eigenvalue weighted by molar-refractivity contribution is 0.415. The number of benzene rings is 1. The molecule has 4 heteroatoms. The maximum atomic E-state index is 9.01. The molecule has 0 radical (unpaired) electrons. The van der Waals surface area contributed by atoms with E-state index in [1.54, 1.807) is 19.2 Å². The largest absolute Gasteiger partial charge is 0.497 e. The van der Waals surface area contributed by atoms with Crippen LogP contribution in [0.4, 0.5) is 5.69 Å². The van der Waals surface area contributed by atoms with Gasteiger partial charge < -0.3 is 15.4 Å². The predicted octanol–water partition coefficient (Wildman–Crippen LogP) is 1.34. The molecule has 0 aromatic heterocycles. The Bertz CT molecular complexity index is 405. The van der Waals surface area contributed by atoms with Crippen LogP contribution < -0.4 is 15.4 Å². The van der Waals surface area contributed by atoms with Crippen LogP contribution >= 0.6 is 0 Å². The second kappa shape index (κ2) is 4.86. The van der Waals surface area contributed by atoms with Gasteiger partial charge in [-0.1, -0.05) is 0 Å². The zero-order valence-corrected chi connectivity index (χ0v) is 9.29. The maximum Gasteiger partial charge on any atom is 0.121 e. The van der Waals surface area contributed by atoms with Gasteiger partial charge in [-0.3, -0.25) is 0 Å². The van der Waals surface area contributed by atoms with Crippen LogP contribution in [0.3, 0.4) is 0 Å². The molecule has 84 valence electrons. The van der Waals surface area contributed by atoms with Crippen LogP contribution in [0.2, 0.25) is 0 Å². The molecular formula is C12H15N3O. The third-order valence-electron chi connectivity index (χ3n) is 2.77. The van der Waals surface area contributed by atoms with Gasteiger partial charge in [0.15, 0.2) is 0 Å².